The highest BCUT2D eigenvalue weighted by atomic mass is 35.5. The van der Waals surface area contributed by atoms with Crippen molar-refractivity contribution in [3.63, 3.8) is 0 Å². The molecule has 3 rings (SSSR count). The lowest BCUT2D eigenvalue weighted by Crippen LogP contribution is -2.13. The van der Waals surface area contributed by atoms with Crippen LogP contribution in [-0.2, 0) is 0 Å². The van der Waals surface area contributed by atoms with Gasteiger partial charge in [-0.25, -0.2) is 0 Å². The molecule has 2 aromatic rings. The summed E-state index contributed by atoms with van der Waals surface area (Å²) >= 11 is 13.9. The normalized spacial score (nSPS) is 14.8. The predicted molar refractivity (Wildman–Crippen MR) is 102 cm³/mol. The van der Waals surface area contributed by atoms with Crippen molar-refractivity contribution in [2.24, 2.45) is 0 Å². The van der Waals surface area contributed by atoms with Crippen LogP contribution < -0.4 is 5.32 Å². The van der Waals surface area contributed by atoms with Gasteiger partial charge in [0, 0.05) is 22.9 Å². The standard InChI is InChI=1S/C18H18Cl2N2OS/c1-24-16-7-6-12(8-13(16)11-4-2-3-5-11)18(23)22-17-14(19)9-21-10-15(17)20/h6-11H,2-5H2,1H3,(H,21,22,23). The molecule has 0 aliphatic heterocycles. The van der Waals surface area contributed by atoms with Crippen LogP contribution in [0.25, 0.3) is 0 Å². The fraction of sp³-hybridized carbons (Fsp3) is 0.333. The highest BCUT2D eigenvalue weighted by Crippen LogP contribution is 2.39. The minimum Gasteiger partial charge on any atom is -0.319 e. The number of hydrogen-bond acceptors (Lipinski definition) is 3. The minimum atomic E-state index is -0.211. The van der Waals surface area contributed by atoms with Crippen LogP contribution in [0.15, 0.2) is 35.5 Å². The molecule has 3 nitrogen and oxygen atoms in total. The molecule has 1 aromatic carbocycles. The summed E-state index contributed by atoms with van der Waals surface area (Å²) in [6.07, 6.45) is 9.91. The Kier molecular flexibility index (Phi) is 5.69. The van der Waals surface area contributed by atoms with Gasteiger partial charge in [0.25, 0.3) is 5.91 Å². The number of nitrogens with one attached hydrogen (secondary N) is 1. The Morgan fingerprint density at radius 2 is 1.88 bits per heavy atom. The van der Waals surface area contributed by atoms with Crippen LogP contribution in [-0.4, -0.2) is 17.1 Å². The van der Waals surface area contributed by atoms with E-state index in [1.54, 1.807) is 11.8 Å². The molecule has 6 heteroatoms. The summed E-state index contributed by atoms with van der Waals surface area (Å²) in [4.78, 5) is 17.8. The Morgan fingerprint density at radius 3 is 2.50 bits per heavy atom. The fourth-order valence-corrected chi connectivity index (χ4v) is 4.27. The fourth-order valence-electron chi connectivity index (χ4n) is 3.15. The van der Waals surface area contributed by atoms with Crippen LogP contribution in [0.4, 0.5) is 5.69 Å². The molecule has 126 valence electrons. The minimum absolute atomic E-state index is 0.211. The van der Waals surface area contributed by atoms with Crippen LogP contribution >= 0.6 is 35.0 Å². The van der Waals surface area contributed by atoms with Gasteiger partial charge < -0.3 is 5.32 Å². The van der Waals surface area contributed by atoms with Crippen molar-refractivity contribution in [2.75, 3.05) is 11.6 Å². The Hall–Kier alpha value is -1.23. The molecule has 0 saturated heterocycles. The van der Waals surface area contributed by atoms with Crippen LogP contribution in [0.3, 0.4) is 0 Å². The van der Waals surface area contributed by atoms with Crippen molar-refractivity contribution in [3.8, 4) is 0 Å². The maximum Gasteiger partial charge on any atom is 0.255 e. The number of anilines is 1. The van der Waals surface area contributed by atoms with Gasteiger partial charge in [0.1, 0.15) is 0 Å². The van der Waals surface area contributed by atoms with Gasteiger partial charge in [-0.05, 0) is 48.8 Å². The van der Waals surface area contributed by atoms with Crippen molar-refractivity contribution in [3.05, 3.63) is 51.8 Å². The maximum atomic E-state index is 12.6. The lowest BCUT2D eigenvalue weighted by molar-refractivity contribution is 0.102. The van der Waals surface area contributed by atoms with E-state index in [-0.39, 0.29) is 5.91 Å². The number of pyridine rings is 1. The van der Waals surface area contributed by atoms with E-state index in [4.69, 9.17) is 23.2 Å². The third-order valence-corrected chi connectivity index (χ3v) is 5.76. The van der Waals surface area contributed by atoms with Crippen LogP contribution in [0, 0.1) is 0 Å². The highest BCUT2D eigenvalue weighted by molar-refractivity contribution is 7.98. The third-order valence-electron chi connectivity index (χ3n) is 4.38. The SMILES string of the molecule is CSc1ccc(C(=O)Nc2c(Cl)cncc2Cl)cc1C1CCCC1. The Balaban J connectivity index is 1.88. The van der Waals surface area contributed by atoms with Gasteiger partial charge in [0.2, 0.25) is 0 Å². The Morgan fingerprint density at radius 1 is 1.21 bits per heavy atom. The first-order chi connectivity index (χ1) is 11.6. The second-order valence-electron chi connectivity index (χ2n) is 5.87. The zero-order valence-electron chi connectivity index (χ0n) is 13.3. The van der Waals surface area contributed by atoms with Crippen molar-refractivity contribution in [1.82, 2.24) is 4.98 Å². The van der Waals surface area contributed by atoms with Crippen molar-refractivity contribution in [1.29, 1.82) is 0 Å². The molecular weight excluding hydrogens is 363 g/mol. The molecule has 1 aliphatic rings. The predicted octanol–water partition coefficient (Wildman–Crippen LogP) is 6.02. The average molecular weight is 381 g/mol. The number of thioether (sulfide) groups is 1. The number of benzene rings is 1. The van der Waals surface area contributed by atoms with Gasteiger partial charge >= 0.3 is 0 Å². The van der Waals surface area contributed by atoms with Crippen molar-refractivity contribution >= 4 is 46.6 Å². The number of hydrogen-bond donors (Lipinski definition) is 1. The van der Waals surface area contributed by atoms with E-state index in [2.05, 4.69) is 16.6 Å². The molecule has 24 heavy (non-hydrogen) atoms. The number of aromatic nitrogens is 1. The zero-order chi connectivity index (χ0) is 17.1. The topological polar surface area (TPSA) is 42.0 Å². The smallest absolute Gasteiger partial charge is 0.255 e. The molecule has 0 bridgehead atoms. The Bertz CT molecular complexity index is 740. The summed E-state index contributed by atoms with van der Waals surface area (Å²) in [5, 5.41) is 3.45. The van der Waals surface area contributed by atoms with Gasteiger partial charge in [-0.1, -0.05) is 36.0 Å². The number of halogens is 2. The van der Waals surface area contributed by atoms with Gasteiger partial charge in [0.15, 0.2) is 0 Å². The molecule has 1 saturated carbocycles. The molecule has 1 aromatic heterocycles. The molecule has 1 aliphatic carbocycles. The molecule has 1 heterocycles. The van der Waals surface area contributed by atoms with Gasteiger partial charge in [-0.2, -0.15) is 0 Å². The van der Waals surface area contributed by atoms with Crippen molar-refractivity contribution < 1.29 is 4.79 Å². The molecule has 0 atom stereocenters. The van der Waals surface area contributed by atoms with Crippen LogP contribution in [0.1, 0.15) is 47.5 Å². The number of rotatable bonds is 4. The van der Waals surface area contributed by atoms with Crippen LogP contribution in [0.5, 0.6) is 0 Å². The Labute approximate surface area is 156 Å². The van der Waals surface area contributed by atoms with E-state index in [0.29, 0.717) is 27.2 Å². The average Bonchev–Trinajstić information content (AvgIpc) is 3.12. The largest absolute Gasteiger partial charge is 0.319 e. The molecular formula is C18H18Cl2N2OS. The summed E-state index contributed by atoms with van der Waals surface area (Å²) in [5.74, 6) is 0.338. The summed E-state index contributed by atoms with van der Waals surface area (Å²) in [7, 11) is 0. The van der Waals surface area contributed by atoms with E-state index in [9.17, 15) is 4.79 Å². The molecule has 0 spiro atoms. The molecule has 0 unspecified atom stereocenters. The van der Waals surface area contributed by atoms with Gasteiger partial charge in [0.05, 0.1) is 15.7 Å². The molecule has 1 N–H and O–H groups in total. The molecule has 0 radical (unpaired) electrons. The van der Waals surface area contributed by atoms with E-state index in [1.165, 1.54) is 48.5 Å². The number of carbonyl (C=O) groups is 1. The summed E-state index contributed by atoms with van der Waals surface area (Å²) < 4.78 is 0. The second-order valence-corrected chi connectivity index (χ2v) is 7.53. The van der Waals surface area contributed by atoms with Gasteiger partial charge in [-0.3, -0.25) is 9.78 Å². The maximum absolute atomic E-state index is 12.6. The lowest BCUT2D eigenvalue weighted by atomic mass is 9.95. The first-order valence-electron chi connectivity index (χ1n) is 7.88. The van der Waals surface area contributed by atoms with Crippen molar-refractivity contribution in [2.45, 2.75) is 36.5 Å². The number of nitrogens with zero attached hydrogens (tertiary/aromatic N) is 1. The number of amides is 1. The number of carbonyl (C=O) groups excluding carboxylic acids is 1. The van der Waals surface area contributed by atoms with Crippen LogP contribution in [0.2, 0.25) is 10.0 Å². The molecule has 1 amide bonds. The summed E-state index contributed by atoms with van der Waals surface area (Å²) in [5.41, 5.74) is 2.30. The second kappa shape index (κ2) is 7.77. The lowest BCUT2D eigenvalue weighted by Gasteiger charge is -2.16. The van der Waals surface area contributed by atoms with E-state index in [0.717, 1.165) is 0 Å². The summed E-state index contributed by atoms with van der Waals surface area (Å²) in [6, 6.07) is 5.89. The quantitative estimate of drug-likeness (QED) is 0.659. The molecule has 1 fully saturated rings. The highest BCUT2D eigenvalue weighted by Gasteiger charge is 2.21. The van der Waals surface area contributed by atoms with E-state index in [1.807, 2.05) is 18.2 Å². The first-order valence-corrected chi connectivity index (χ1v) is 9.86. The first kappa shape index (κ1) is 17.6. The summed E-state index contributed by atoms with van der Waals surface area (Å²) in [6.45, 7) is 0. The van der Waals surface area contributed by atoms with E-state index < -0.39 is 0 Å². The monoisotopic (exact) mass is 380 g/mol. The van der Waals surface area contributed by atoms with Gasteiger partial charge in [-0.15, -0.1) is 11.8 Å². The third kappa shape index (κ3) is 3.71. The van der Waals surface area contributed by atoms with E-state index >= 15 is 0 Å². The zero-order valence-corrected chi connectivity index (χ0v) is 15.6.